The number of benzene rings is 1. The summed E-state index contributed by atoms with van der Waals surface area (Å²) in [6, 6.07) is 8.69. The maximum Gasteiger partial charge on any atom is 0.0210 e. The molecule has 2 aliphatic carbocycles. The molecular weight excluding hydrogens is 224 g/mol. The van der Waals surface area contributed by atoms with Crippen molar-refractivity contribution >= 4 is 15.9 Å². The summed E-state index contributed by atoms with van der Waals surface area (Å²) in [5.74, 6) is 2.99. The Morgan fingerprint density at radius 2 is 1.92 bits per heavy atom. The summed E-state index contributed by atoms with van der Waals surface area (Å²) in [6.07, 6.45) is 4.42. The van der Waals surface area contributed by atoms with Crippen molar-refractivity contribution < 1.29 is 0 Å². The molecule has 0 aliphatic heterocycles. The zero-order chi connectivity index (χ0) is 8.84. The molecule has 0 saturated heterocycles. The Hall–Kier alpha value is -0.300. The lowest BCUT2D eigenvalue weighted by Crippen LogP contribution is -1.86. The molecule has 0 amide bonds. The van der Waals surface area contributed by atoms with Gasteiger partial charge in [-0.1, -0.05) is 34.1 Å². The molecule has 0 N–H and O–H groups in total. The van der Waals surface area contributed by atoms with Crippen molar-refractivity contribution in [2.45, 2.75) is 25.2 Å². The molecule has 3 rings (SSSR count). The molecule has 68 valence electrons. The fraction of sp³-hybridized carbons (Fsp3) is 0.500. The Morgan fingerprint density at radius 3 is 2.62 bits per heavy atom. The van der Waals surface area contributed by atoms with E-state index >= 15 is 0 Å². The fourth-order valence-corrected chi connectivity index (χ4v) is 2.97. The summed E-state index contributed by atoms with van der Waals surface area (Å²) in [7, 11) is 0. The Morgan fingerprint density at radius 1 is 1.15 bits per heavy atom. The molecule has 13 heavy (non-hydrogen) atoms. The van der Waals surface area contributed by atoms with E-state index in [4.69, 9.17) is 0 Å². The highest BCUT2D eigenvalue weighted by molar-refractivity contribution is 9.10. The average Bonchev–Trinajstić information content (AvgIpc) is 3.00. The monoisotopic (exact) mass is 236 g/mol. The Kier molecular flexibility index (Phi) is 1.76. The van der Waals surface area contributed by atoms with Gasteiger partial charge in [0.1, 0.15) is 0 Å². The molecule has 2 fully saturated rings. The minimum atomic E-state index is 0.878. The molecular formula is C12H13Br. The van der Waals surface area contributed by atoms with Crippen molar-refractivity contribution in [3.8, 4) is 0 Å². The summed E-state index contributed by atoms with van der Waals surface area (Å²) in [5, 5.41) is 0. The lowest BCUT2D eigenvalue weighted by atomic mass is 10.1. The van der Waals surface area contributed by atoms with Crippen LogP contribution in [-0.2, 0) is 0 Å². The van der Waals surface area contributed by atoms with Crippen LogP contribution in [0.25, 0.3) is 0 Å². The standard InChI is InChI=1S/C12H13Br/c13-12-4-2-1-3-9(12)11-7-10(11)8-5-6-8/h1-4,8,10-11H,5-7H2/t10-,11-/m0/s1. The van der Waals surface area contributed by atoms with Crippen LogP contribution in [0, 0.1) is 11.8 Å². The van der Waals surface area contributed by atoms with Crippen LogP contribution in [-0.4, -0.2) is 0 Å². The maximum atomic E-state index is 3.63. The maximum absolute atomic E-state index is 3.63. The Bertz CT molecular complexity index is 328. The third kappa shape index (κ3) is 1.43. The predicted molar refractivity (Wildman–Crippen MR) is 57.7 cm³/mol. The topological polar surface area (TPSA) is 0 Å². The number of hydrogen-bond acceptors (Lipinski definition) is 0. The van der Waals surface area contributed by atoms with Gasteiger partial charge >= 0.3 is 0 Å². The minimum absolute atomic E-state index is 0.878. The van der Waals surface area contributed by atoms with Crippen molar-refractivity contribution in [3.63, 3.8) is 0 Å². The molecule has 1 heteroatoms. The molecule has 1 aromatic carbocycles. The lowest BCUT2D eigenvalue weighted by molar-refractivity contribution is 0.689. The zero-order valence-electron chi connectivity index (χ0n) is 7.54. The van der Waals surface area contributed by atoms with Crippen molar-refractivity contribution in [2.24, 2.45) is 11.8 Å². The van der Waals surface area contributed by atoms with Crippen LogP contribution in [0.1, 0.15) is 30.7 Å². The smallest absolute Gasteiger partial charge is 0.0210 e. The summed E-state index contributed by atoms with van der Waals surface area (Å²) in [5.41, 5.74) is 1.54. The summed E-state index contributed by atoms with van der Waals surface area (Å²) in [6.45, 7) is 0. The largest absolute Gasteiger partial charge is 0.0619 e. The van der Waals surface area contributed by atoms with Gasteiger partial charge in [-0.15, -0.1) is 0 Å². The summed E-state index contributed by atoms with van der Waals surface area (Å²) in [4.78, 5) is 0. The van der Waals surface area contributed by atoms with Gasteiger partial charge in [0, 0.05) is 4.47 Å². The van der Waals surface area contributed by atoms with E-state index in [0.717, 1.165) is 17.8 Å². The van der Waals surface area contributed by atoms with Gasteiger partial charge in [-0.3, -0.25) is 0 Å². The van der Waals surface area contributed by atoms with E-state index in [2.05, 4.69) is 40.2 Å². The molecule has 0 aromatic heterocycles. The molecule has 2 atom stereocenters. The van der Waals surface area contributed by atoms with Gasteiger partial charge in [0.2, 0.25) is 0 Å². The second-order valence-corrected chi connectivity index (χ2v) is 5.22. The predicted octanol–water partition coefficient (Wildman–Crippen LogP) is 3.96. The second-order valence-electron chi connectivity index (χ2n) is 4.36. The first-order valence-electron chi connectivity index (χ1n) is 5.10. The van der Waals surface area contributed by atoms with Gasteiger partial charge in [-0.2, -0.15) is 0 Å². The van der Waals surface area contributed by atoms with Gasteiger partial charge in [-0.05, 0) is 48.6 Å². The average molecular weight is 237 g/mol. The van der Waals surface area contributed by atoms with Crippen molar-refractivity contribution in [1.29, 1.82) is 0 Å². The van der Waals surface area contributed by atoms with E-state index in [1.807, 2.05) is 0 Å². The van der Waals surface area contributed by atoms with Gasteiger partial charge in [0.05, 0.1) is 0 Å². The highest BCUT2D eigenvalue weighted by Crippen LogP contribution is 2.60. The third-order valence-corrected chi connectivity index (χ3v) is 4.09. The number of hydrogen-bond donors (Lipinski definition) is 0. The molecule has 2 saturated carbocycles. The van der Waals surface area contributed by atoms with Gasteiger partial charge in [-0.25, -0.2) is 0 Å². The molecule has 0 heterocycles. The Labute approximate surface area is 87.5 Å². The zero-order valence-corrected chi connectivity index (χ0v) is 9.13. The molecule has 0 unspecified atom stereocenters. The Balaban J connectivity index is 1.82. The van der Waals surface area contributed by atoms with Crippen molar-refractivity contribution in [3.05, 3.63) is 34.3 Å². The van der Waals surface area contributed by atoms with Crippen LogP contribution in [0.5, 0.6) is 0 Å². The van der Waals surface area contributed by atoms with Crippen LogP contribution < -0.4 is 0 Å². The van der Waals surface area contributed by atoms with Gasteiger partial charge in [0.25, 0.3) is 0 Å². The van der Waals surface area contributed by atoms with E-state index in [9.17, 15) is 0 Å². The molecule has 1 aromatic rings. The minimum Gasteiger partial charge on any atom is -0.0619 e. The normalized spacial score (nSPS) is 31.8. The second kappa shape index (κ2) is 2.84. The van der Waals surface area contributed by atoms with Crippen LogP contribution in [0.3, 0.4) is 0 Å². The van der Waals surface area contributed by atoms with Crippen molar-refractivity contribution in [1.82, 2.24) is 0 Å². The summed E-state index contributed by atoms with van der Waals surface area (Å²) < 4.78 is 1.31. The van der Waals surface area contributed by atoms with Gasteiger partial charge in [0.15, 0.2) is 0 Å². The number of rotatable bonds is 2. The first-order valence-corrected chi connectivity index (χ1v) is 5.90. The molecule has 0 radical (unpaired) electrons. The fourth-order valence-electron chi connectivity index (χ4n) is 2.39. The van der Waals surface area contributed by atoms with Crippen LogP contribution in [0.2, 0.25) is 0 Å². The lowest BCUT2D eigenvalue weighted by Gasteiger charge is -2.01. The first-order chi connectivity index (χ1) is 6.36. The van der Waals surface area contributed by atoms with E-state index in [1.165, 1.54) is 23.7 Å². The van der Waals surface area contributed by atoms with Gasteiger partial charge < -0.3 is 0 Å². The van der Waals surface area contributed by atoms with Crippen LogP contribution in [0.4, 0.5) is 0 Å². The molecule has 0 nitrogen and oxygen atoms in total. The molecule has 0 spiro atoms. The third-order valence-electron chi connectivity index (χ3n) is 3.37. The van der Waals surface area contributed by atoms with E-state index in [-0.39, 0.29) is 0 Å². The van der Waals surface area contributed by atoms with Crippen molar-refractivity contribution in [2.75, 3.05) is 0 Å². The molecule has 2 aliphatic rings. The van der Waals surface area contributed by atoms with E-state index in [0.29, 0.717) is 0 Å². The highest BCUT2D eigenvalue weighted by atomic mass is 79.9. The summed E-state index contributed by atoms with van der Waals surface area (Å²) >= 11 is 3.63. The van der Waals surface area contributed by atoms with Crippen LogP contribution in [0.15, 0.2) is 28.7 Å². The molecule has 0 bridgehead atoms. The highest BCUT2D eigenvalue weighted by Gasteiger charge is 2.48. The van der Waals surface area contributed by atoms with E-state index < -0.39 is 0 Å². The first kappa shape index (κ1) is 8.05. The SMILES string of the molecule is Brc1ccccc1[C@@H]1C[C@H]1C1CC1. The number of halogens is 1. The van der Waals surface area contributed by atoms with E-state index in [1.54, 1.807) is 5.56 Å². The quantitative estimate of drug-likeness (QED) is 0.730. The van der Waals surface area contributed by atoms with Crippen LogP contribution >= 0.6 is 15.9 Å².